The van der Waals surface area contributed by atoms with Crippen molar-refractivity contribution < 1.29 is 9.66 Å². The first-order valence-electron chi connectivity index (χ1n) is 6.33. The van der Waals surface area contributed by atoms with Gasteiger partial charge in [-0.3, -0.25) is 10.1 Å². The van der Waals surface area contributed by atoms with Gasteiger partial charge in [-0.2, -0.15) is 11.8 Å². The minimum atomic E-state index is -0.423. The molecule has 0 bridgehead atoms. The maximum atomic E-state index is 10.8. The number of ether oxygens (including phenoxy) is 1. The fourth-order valence-corrected chi connectivity index (χ4v) is 2.14. The summed E-state index contributed by atoms with van der Waals surface area (Å²) in [6, 6.07) is 4.89. The number of nitro groups is 1. The normalized spacial score (nSPS) is 10.2. The molecule has 0 atom stereocenters. The van der Waals surface area contributed by atoms with Crippen LogP contribution < -0.4 is 10.1 Å². The third-order valence-corrected chi connectivity index (χ3v) is 3.26. The average Bonchev–Trinajstić information content (AvgIpc) is 2.39. The summed E-state index contributed by atoms with van der Waals surface area (Å²) in [6.07, 6.45) is 4.35. The zero-order valence-corrected chi connectivity index (χ0v) is 12.2. The molecule has 0 heterocycles. The zero-order valence-electron chi connectivity index (χ0n) is 11.3. The van der Waals surface area contributed by atoms with Crippen molar-refractivity contribution in [1.29, 1.82) is 0 Å². The molecular weight excluding hydrogens is 264 g/mol. The lowest BCUT2D eigenvalue weighted by Crippen LogP contribution is -2.03. The van der Waals surface area contributed by atoms with Crippen LogP contribution in [0, 0.1) is 10.1 Å². The summed E-state index contributed by atoms with van der Waals surface area (Å²) in [6.45, 7) is 3.09. The second-order valence-corrected chi connectivity index (χ2v) is 4.98. The molecule has 0 saturated carbocycles. The van der Waals surface area contributed by atoms with E-state index in [1.54, 1.807) is 12.1 Å². The maximum Gasteiger partial charge on any atom is 0.311 e. The van der Waals surface area contributed by atoms with Gasteiger partial charge in [0.15, 0.2) is 5.75 Å². The number of anilines is 1. The number of benzene rings is 1. The van der Waals surface area contributed by atoms with Crippen molar-refractivity contribution in [2.75, 3.05) is 30.5 Å². The van der Waals surface area contributed by atoms with E-state index in [0.717, 1.165) is 24.4 Å². The number of thioether (sulfide) groups is 1. The Bertz CT molecular complexity index is 413. The SMILES string of the molecule is CCOc1cc(NCCCCSC)ccc1[N+](=O)[O-]. The van der Waals surface area contributed by atoms with E-state index in [4.69, 9.17) is 4.74 Å². The van der Waals surface area contributed by atoms with Gasteiger partial charge in [0.05, 0.1) is 11.5 Å². The summed E-state index contributed by atoms with van der Waals surface area (Å²) < 4.78 is 5.30. The fourth-order valence-electron chi connectivity index (χ4n) is 1.65. The summed E-state index contributed by atoms with van der Waals surface area (Å²) in [5.41, 5.74) is 0.869. The molecule has 6 heteroatoms. The van der Waals surface area contributed by atoms with Crippen LogP contribution in [0.4, 0.5) is 11.4 Å². The third-order valence-electron chi connectivity index (χ3n) is 2.56. The largest absolute Gasteiger partial charge is 0.487 e. The molecule has 0 aliphatic carbocycles. The molecule has 106 valence electrons. The van der Waals surface area contributed by atoms with Crippen molar-refractivity contribution in [1.82, 2.24) is 0 Å². The topological polar surface area (TPSA) is 64.4 Å². The number of nitrogens with zero attached hydrogens (tertiary/aromatic N) is 1. The monoisotopic (exact) mass is 284 g/mol. The van der Waals surface area contributed by atoms with E-state index in [1.165, 1.54) is 12.5 Å². The zero-order chi connectivity index (χ0) is 14.1. The van der Waals surface area contributed by atoms with Gasteiger partial charge in [0.2, 0.25) is 0 Å². The fraction of sp³-hybridized carbons (Fsp3) is 0.538. The second-order valence-electron chi connectivity index (χ2n) is 4.00. The number of hydrogen-bond donors (Lipinski definition) is 1. The molecule has 1 N–H and O–H groups in total. The highest BCUT2D eigenvalue weighted by atomic mass is 32.2. The molecule has 0 aromatic heterocycles. The van der Waals surface area contributed by atoms with Gasteiger partial charge >= 0.3 is 5.69 Å². The summed E-state index contributed by atoms with van der Waals surface area (Å²) in [5, 5.41) is 14.1. The molecule has 0 radical (unpaired) electrons. The molecule has 0 aliphatic heterocycles. The lowest BCUT2D eigenvalue weighted by Gasteiger charge is -2.09. The number of unbranched alkanes of at least 4 members (excludes halogenated alkanes) is 1. The van der Waals surface area contributed by atoms with Gasteiger partial charge in [-0.25, -0.2) is 0 Å². The first kappa shape index (κ1) is 15.6. The molecule has 5 nitrogen and oxygen atoms in total. The molecule has 19 heavy (non-hydrogen) atoms. The maximum absolute atomic E-state index is 10.8. The van der Waals surface area contributed by atoms with Crippen LogP contribution in [0.25, 0.3) is 0 Å². The summed E-state index contributed by atoms with van der Waals surface area (Å²) in [4.78, 5) is 10.4. The molecule has 0 amide bonds. The highest BCUT2D eigenvalue weighted by Gasteiger charge is 2.14. The van der Waals surface area contributed by atoms with Crippen LogP contribution in [-0.2, 0) is 0 Å². The molecule has 0 spiro atoms. The van der Waals surface area contributed by atoms with E-state index in [2.05, 4.69) is 11.6 Å². The van der Waals surface area contributed by atoms with Crippen LogP contribution in [0.5, 0.6) is 5.75 Å². The van der Waals surface area contributed by atoms with Gasteiger partial charge in [-0.05, 0) is 37.8 Å². The van der Waals surface area contributed by atoms with E-state index in [0.29, 0.717) is 12.4 Å². The van der Waals surface area contributed by atoms with Gasteiger partial charge in [0.25, 0.3) is 0 Å². The quantitative estimate of drug-likeness (QED) is 0.427. The lowest BCUT2D eigenvalue weighted by molar-refractivity contribution is -0.385. The van der Waals surface area contributed by atoms with Crippen LogP contribution in [0.2, 0.25) is 0 Å². The number of nitro benzene ring substituents is 1. The molecule has 1 aromatic carbocycles. The Morgan fingerprint density at radius 2 is 2.21 bits per heavy atom. The summed E-state index contributed by atoms with van der Waals surface area (Å²) in [5.74, 6) is 1.48. The van der Waals surface area contributed by atoms with Gasteiger partial charge in [-0.1, -0.05) is 0 Å². The predicted molar refractivity (Wildman–Crippen MR) is 80.4 cm³/mol. The van der Waals surface area contributed by atoms with Crippen LogP contribution in [0.3, 0.4) is 0 Å². The van der Waals surface area contributed by atoms with E-state index < -0.39 is 4.92 Å². The molecule has 1 rings (SSSR count). The predicted octanol–water partition coefficient (Wildman–Crippen LogP) is 3.55. The van der Waals surface area contributed by atoms with Crippen molar-refractivity contribution in [2.24, 2.45) is 0 Å². The van der Waals surface area contributed by atoms with Crippen molar-refractivity contribution >= 4 is 23.1 Å². The third kappa shape index (κ3) is 5.38. The number of nitrogens with one attached hydrogen (secondary N) is 1. The number of rotatable bonds is 9. The summed E-state index contributed by atoms with van der Waals surface area (Å²) in [7, 11) is 0. The molecule has 0 aliphatic rings. The molecule has 0 unspecified atom stereocenters. The van der Waals surface area contributed by atoms with Crippen LogP contribution >= 0.6 is 11.8 Å². The second kappa shape index (κ2) is 8.63. The first-order valence-corrected chi connectivity index (χ1v) is 7.72. The summed E-state index contributed by atoms with van der Waals surface area (Å²) >= 11 is 1.84. The highest BCUT2D eigenvalue weighted by Crippen LogP contribution is 2.30. The van der Waals surface area contributed by atoms with Crippen molar-refractivity contribution in [2.45, 2.75) is 19.8 Å². The average molecular weight is 284 g/mol. The Morgan fingerprint density at radius 3 is 2.84 bits per heavy atom. The highest BCUT2D eigenvalue weighted by molar-refractivity contribution is 7.98. The Labute approximate surface area is 117 Å². The number of hydrogen-bond acceptors (Lipinski definition) is 5. The van der Waals surface area contributed by atoms with Crippen LogP contribution in [-0.4, -0.2) is 30.1 Å². The van der Waals surface area contributed by atoms with Crippen LogP contribution in [0.1, 0.15) is 19.8 Å². The van der Waals surface area contributed by atoms with Crippen LogP contribution in [0.15, 0.2) is 18.2 Å². The molecule has 0 saturated heterocycles. The lowest BCUT2D eigenvalue weighted by atomic mass is 10.2. The van der Waals surface area contributed by atoms with Crippen molar-refractivity contribution in [3.63, 3.8) is 0 Å². The molecule has 0 fully saturated rings. The Morgan fingerprint density at radius 1 is 1.42 bits per heavy atom. The van der Waals surface area contributed by atoms with E-state index in [1.807, 2.05) is 18.7 Å². The molecule has 1 aromatic rings. The minimum Gasteiger partial charge on any atom is -0.487 e. The Balaban J connectivity index is 2.59. The Kier molecular flexibility index (Phi) is 7.10. The van der Waals surface area contributed by atoms with Crippen molar-refractivity contribution in [3.8, 4) is 5.75 Å². The minimum absolute atomic E-state index is 0.00906. The standard InChI is InChI=1S/C13H20N2O3S/c1-3-18-13-10-11(6-7-12(13)15(16)17)14-8-4-5-9-19-2/h6-7,10,14H,3-5,8-9H2,1-2H3. The molecular formula is C13H20N2O3S. The van der Waals surface area contributed by atoms with E-state index >= 15 is 0 Å². The smallest absolute Gasteiger partial charge is 0.311 e. The van der Waals surface area contributed by atoms with Gasteiger partial charge in [-0.15, -0.1) is 0 Å². The van der Waals surface area contributed by atoms with Crippen molar-refractivity contribution in [3.05, 3.63) is 28.3 Å². The first-order chi connectivity index (χ1) is 9.19. The van der Waals surface area contributed by atoms with Gasteiger partial charge in [0, 0.05) is 24.4 Å². The van der Waals surface area contributed by atoms with Gasteiger partial charge in [0.1, 0.15) is 0 Å². The van der Waals surface area contributed by atoms with E-state index in [-0.39, 0.29) is 5.69 Å². The Hall–Kier alpha value is -1.43. The van der Waals surface area contributed by atoms with Gasteiger partial charge < -0.3 is 10.1 Å². The van der Waals surface area contributed by atoms with E-state index in [9.17, 15) is 10.1 Å².